The molecule has 0 saturated heterocycles. The summed E-state index contributed by atoms with van der Waals surface area (Å²) < 4.78 is 54.5. The number of aliphatic carboxylic acids is 1. The lowest BCUT2D eigenvalue weighted by molar-refractivity contribution is -0.143. The monoisotopic (exact) mass is 624 g/mol. The van der Waals surface area contributed by atoms with E-state index in [1.165, 1.54) is 89.9 Å². The van der Waals surface area contributed by atoms with E-state index in [0.717, 1.165) is 58.3 Å². The van der Waals surface area contributed by atoms with Crippen LogP contribution in [0.1, 0.15) is 175 Å². The van der Waals surface area contributed by atoms with Gasteiger partial charge in [0, 0.05) is 0 Å². The molecule has 3 N–H and O–H groups in total. The minimum atomic E-state index is -3.97. The van der Waals surface area contributed by atoms with Crippen LogP contribution in [0, 0.1) is 0 Å². The molecule has 246 valence electrons. The highest BCUT2D eigenvalue weighted by Gasteiger charge is 2.40. The summed E-state index contributed by atoms with van der Waals surface area (Å²) in [5.41, 5.74) is -2.31. The highest BCUT2D eigenvalue weighted by atomic mass is 32.2. The van der Waals surface area contributed by atoms with E-state index in [2.05, 4.69) is 23.3 Å². The molecular weight excluding hydrogens is 560 g/mol. The summed E-state index contributed by atoms with van der Waals surface area (Å²) in [4.78, 5) is 11.9. The van der Waals surface area contributed by atoms with Crippen LogP contribution < -0.4 is 9.44 Å². The Balaban J connectivity index is 4.20. The Morgan fingerprint density at radius 1 is 0.488 bits per heavy atom. The first kappa shape index (κ1) is 40.3. The maximum atomic E-state index is 12.6. The van der Waals surface area contributed by atoms with Crippen molar-refractivity contribution in [1.29, 1.82) is 0 Å². The molecule has 0 saturated carbocycles. The Bertz CT molecular complexity index is 787. The standard InChI is InChI=1S/C31H64N2O6S2/c1-4-6-8-10-12-14-16-18-20-22-24-26-28-40(36,37)32-31(3,30(34)35)33-41(38,39)29-27-25-23-21-19-17-15-13-11-9-7-5-2/h32-33H,4-29H2,1-3H3,(H,34,35). The van der Waals surface area contributed by atoms with Gasteiger partial charge in [-0.3, -0.25) is 0 Å². The molecule has 0 rings (SSSR count). The van der Waals surface area contributed by atoms with Crippen molar-refractivity contribution in [2.45, 2.75) is 181 Å². The topological polar surface area (TPSA) is 130 Å². The van der Waals surface area contributed by atoms with Gasteiger partial charge in [-0.1, -0.05) is 155 Å². The lowest BCUT2D eigenvalue weighted by atomic mass is 10.1. The molecule has 0 aromatic carbocycles. The lowest BCUT2D eigenvalue weighted by Crippen LogP contribution is -2.63. The molecule has 0 heterocycles. The van der Waals surface area contributed by atoms with Crippen LogP contribution in [-0.4, -0.2) is 45.1 Å². The molecule has 0 fully saturated rings. The zero-order valence-corrected chi connectivity index (χ0v) is 28.3. The number of carbonyl (C=O) groups is 1. The average Bonchev–Trinajstić information content (AvgIpc) is 2.89. The van der Waals surface area contributed by atoms with Gasteiger partial charge in [0.25, 0.3) is 0 Å². The summed E-state index contributed by atoms with van der Waals surface area (Å²) in [7, 11) is -7.95. The van der Waals surface area contributed by atoms with Crippen LogP contribution >= 0.6 is 0 Å². The van der Waals surface area contributed by atoms with E-state index in [-0.39, 0.29) is 11.5 Å². The van der Waals surface area contributed by atoms with Crippen molar-refractivity contribution in [2.24, 2.45) is 0 Å². The molecule has 0 atom stereocenters. The Morgan fingerprint density at radius 3 is 0.927 bits per heavy atom. The van der Waals surface area contributed by atoms with Crippen molar-refractivity contribution in [3.8, 4) is 0 Å². The quantitative estimate of drug-likeness (QED) is 0.0529. The van der Waals surface area contributed by atoms with Crippen molar-refractivity contribution in [2.75, 3.05) is 11.5 Å². The second kappa shape index (κ2) is 24.7. The van der Waals surface area contributed by atoms with Crippen LogP contribution in [0.3, 0.4) is 0 Å². The number of sulfonamides is 2. The summed E-state index contributed by atoms with van der Waals surface area (Å²) in [6.07, 6.45) is 26.5. The molecule has 0 amide bonds. The number of unbranched alkanes of at least 4 members (excludes halogenated alkanes) is 22. The summed E-state index contributed by atoms with van der Waals surface area (Å²) in [6.45, 7) is 5.48. The largest absolute Gasteiger partial charge is 0.479 e. The van der Waals surface area contributed by atoms with Crippen LogP contribution in [-0.2, 0) is 24.8 Å². The summed E-state index contributed by atoms with van der Waals surface area (Å²) in [6, 6.07) is 0. The van der Waals surface area contributed by atoms with Crippen LogP contribution in [0.15, 0.2) is 0 Å². The van der Waals surface area contributed by atoms with Crippen LogP contribution in [0.4, 0.5) is 0 Å². The van der Waals surface area contributed by atoms with E-state index in [9.17, 15) is 26.7 Å². The van der Waals surface area contributed by atoms with E-state index in [1.807, 2.05) is 0 Å². The van der Waals surface area contributed by atoms with Gasteiger partial charge < -0.3 is 5.11 Å². The third-order valence-electron chi connectivity index (χ3n) is 7.68. The predicted octanol–water partition coefficient (Wildman–Crippen LogP) is 8.03. The normalized spacial score (nSPS) is 12.7. The van der Waals surface area contributed by atoms with Crippen LogP contribution in [0.25, 0.3) is 0 Å². The van der Waals surface area contributed by atoms with E-state index in [4.69, 9.17) is 0 Å². The van der Waals surface area contributed by atoms with Gasteiger partial charge in [-0.2, -0.15) is 9.44 Å². The number of hydrogen-bond donors (Lipinski definition) is 3. The zero-order chi connectivity index (χ0) is 30.9. The Kier molecular flexibility index (Phi) is 24.3. The number of rotatable bonds is 31. The summed E-state index contributed by atoms with van der Waals surface area (Å²) in [5.74, 6) is -2.03. The maximum Gasteiger partial charge on any atom is 0.340 e. The Morgan fingerprint density at radius 2 is 0.707 bits per heavy atom. The SMILES string of the molecule is CCCCCCCCCCCCCCS(=O)(=O)NC(C)(NS(=O)(=O)CCCCCCCCCCCCCC)C(=O)O. The van der Waals surface area contributed by atoms with E-state index in [0.29, 0.717) is 12.8 Å². The third kappa shape index (κ3) is 24.4. The molecule has 0 unspecified atom stereocenters. The fraction of sp³-hybridized carbons (Fsp3) is 0.968. The van der Waals surface area contributed by atoms with Gasteiger partial charge in [-0.05, 0) is 19.8 Å². The second-order valence-electron chi connectivity index (χ2n) is 12.1. The molecule has 0 aromatic rings. The van der Waals surface area contributed by atoms with Crippen molar-refractivity contribution < 1.29 is 26.7 Å². The van der Waals surface area contributed by atoms with Gasteiger partial charge in [-0.25, -0.2) is 21.6 Å². The van der Waals surface area contributed by atoms with Gasteiger partial charge in [0.05, 0.1) is 11.5 Å². The van der Waals surface area contributed by atoms with Crippen molar-refractivity contribution in [3.05, 3.63) is 0 Å². The molecule has 0 bridgehead atoms. The predicted molar refractivity (Wildman–Crippen MR) is 172 cm³/mol. The lowest BCUT2D eigenvalue weighted by Gasteiger charge is -2.27. The minimum absolute atomic E-state index is 0.228. The van der Waals surface area contributed by atoms with Gasteiger partial charge in [-0.15, -0.1) is 0 Å². The molecule has 0 radical (unpaired) electrons. The second-order valence-corrected chi connectivity index (χ2v) is 15.7. The molecule has 0 aliphatic carbocycles. The fourth-order valence-corrected chi connectivity index (χ4v) is 8.06. The first-order chi connectivity index (χ1) is 19.5. The molecule has 0 spiro atoms. The fourth-order valence-electron chi connectivity index (χ4n) is 5.10. The van der Waals surface area contributed by atoms with E-state index < -0.39 is 31.7 Å². The Hall–Kier alpha value is -0.710. The molecule has 10 heteroatoms. The smallest absolute Gasteiger partial charge is 0.340 e. The zero-order valence-electron chi connectivity index (χ0n) is 26.7. The van der Waals surface area contributed by atoms with Crippen molar-refractivity contribution >= 4 is 26.0 Å². The van der Waals surface area contributed by atoms with Crippen LogP contribution in [0.2, 0.25) is 0 Å². The van der Waals surface area contributed by atoms with Crippen molar-refractivity contribution in [3.63, 3.8) is 0 Å². The third-order valence-corrected chi connectivity index (χ3v) is 10.8. The molecule has 0 aliphatic rings. The van der Waals surface area contributed by atoms with Crippen LogP contribution in [0.5, 0.6) is 0 Å². The van der Waals surface area contributed by atoms with E-state index in [1.54, 1.807) is 0 Å². The summed E-state index contributed by atoms with van der Waals surface area (Å²) in [5, 5.41) is 9.65. The highest BCUT2D eigenvalue weighted by molar-refractivity contribution is 7.90. The average molecular weight is 625 g/mol. The van der Waals surface area contributed by atoms with Gasteiger partial charge in [0.1, 0.15) is 0 Å². The van der Waals surface area contributed by atoms with Gasteiger partial charge >= 0.3 is 5.97 Å². The number of hydrogen-bond acceptors (Lipinski definition) is 5. The molecule has 8 nitrogen and oxygen atoms in total. The summed E-state index contributed by atoms with van der Waals surface area (Å²) >= 11 is 0. The first-order valence-corrected chi connectivity index (χ1v) is 20.0. The number of carboxylic acids is 1. The number of carboxylic acid groups (broad SMARTS) is 1. The Labute approximate surface area is 253 Å². The van der Waals surface area contributed by atoms with Gasteiger partial charge in [0.2, 0.25) is 20.0 Å². The maximum absolute atomic E-state index is 12.6. The molecule has 0 aliphatic heterocycles. The van der Waals surface area contributed by atoms with Crippen molar-refractivity contribution in [1.82, 2.24) is 9.44 Å². The van der Waals surface area contributed by atoms with Gasteiger partial charge in [0.15, 0.2) is 5.66 Å². The minimum Gasteiger partial charge on any atom is -0.479 e. The van der Waals surface area contributed by atoms with E-state index >= 15 is 0 Å². The molecule has 0 aromatic heterocycles. The number of nitrogens with one attached hydrogen (secondary N) is 2. The highest BCUT2D eigenvalue weighted by Crippen LogP contribution is 2.15. The first-order valence-electron chi connectivity index (χ1n) is 16.7. The molecule has 41 heavy (non-hydrogen) atoms. The molecular formula is C31H64N2O6S2.